The van der Waals surface area contributed by atoms with E-state index in [0.717, 1.165) is 37.3 Å². The SMILES string of the molecule is Cc1cc(OCCSc2nc3sc(C)c(C)c3c(=O)n2-c2ccccc2)ccc1Cl. The third kappa shape index (κ3) is 4.13. The van der Waals surface area contributed by atoms with Gasteiger partial charge in [0.25, 0.3) is 5.56 Å². The summed E-state index contributed by atoms with van der Waals surface area (Å²) in [5.41, 5.74) is 2.78. The Morgan fingerprint density at radius 2 is 1.90 bits per heavy atom. The van der Waals surface area contributed by atoms with E-state index < -0.39 is 0 Å². The molecule has 4 aromatic rings. The number of hydrogen-bond acceptors (Lipinski definition) is 5. The van der Waals surface area contributed by atoms with E-state index in [1.165, 1.54) is 11.8 Å². The zero-order chi connectivity index (χ0) is 21.3. The molecule has 7 heteroatoms. The van der Waals surface area contributed by atoms with E-state index in [9.17, 15) is 4.79 Å². The lowest BCUT2D eigenvalue weighted by atomic mass is 10.2. The van der Waals surface area contributed by atoms with Gasteiger partial charge in [-0.15, -0.1) is 11.3 Å². The molecule has 0 fully saturated rings. The molecular weight excluding hydrogens is 436 g/mol. The first kappa shape index (κ1) is 21.0. The van der Waals surface area contributed by atoms with Gasteiger partial charge in [-0.3, -0.25) is 9.36 Å². The highest BCUT2D eigenvalue weighted by atomic mass is 35.5. The predicted molar refractivity (Wildman–Crippen MR) is 127 cm³/mol. The number of benzene rings is 2. The summed E-state index contributed by atoms with van der Waals surface area (Å²) in [6.07, 6.45) is 0. The standard InChI is InChI=1S/C23H21ClN2O2S2/c1-14-13-18(9-10-19(14)24)28-11-12-29-23-25-21-20(15(2)16(3)30-21)22(27)26(23)17-7-5-4-6-8-17/h4-10,13H,11-12H2,1-3H3. The van der Waals surface area contributed by atoms with Gasteiger partial charge in [-0.1, -0.05) is 41.6 Å². The highest BCUT2D eigenvalue weighted by Crippen LogP contribution is 2.29. The van der Waals surface area contributed by atoms with Crippen LogP contribution >= 0.6 is 34.7 Å². The van der Waals surface area contributed by atoms with E-state index in [0.29, 0.717) is 22.9 Å². The Hall–Kier alpha value is -2.28. The van der Waals surface area contributed by atoms with Crippen molar-refractivity contribution in [3.8, 4) is 11.4 Å². The summed E-state index contributed by atoms with van der Waals surface area (Å²) in [4.78, 5) is 20.1. The van der Waals surface area contributed by atoms with Crippen molar-refractivity contribution in [3.63, 3.8) is 0 Å². The number of para-hydroxylation sites is 1. The molecule has 4 rings (SSSR count). The minimum absolute atomic E-state index is 0.0233. The van der Waals surface area contributed by atoms with E-state index in [4.69, 9.17) is 21.3 Å². The molecule has 2 aromatic heterocycles. The Labute approximate surface area is 188 Å². The second kappa shape index (κ2) is 8.84. The molecule has 0 amide bonds. The second-order valence-electron chi connectivity index (χ2n) is 6.94. The third-order valence-electron chi connectivity index (χ3n) is 4.90. The Balaban J connectivity index is 1.62. The Morgan fingerprint density at radius 1 is 1.13 bits per heavy atom. The number of aryl methyl sites for hydroxylation is 3. The number of fused-ring (bicyclic) bond motifs is 1. The summed E-state index contributed by atoms with van der Waals surface area (Å²) in [6, 6.07) is 15.3. The van der Waals surface area contributed by atoms with Crippen LogP contribution in [0.4, 0.5) is 0 Å². The number of thiophene rings is 1. The van der Waals surface area contributed by atoms with Gasteiger partial charge in [-0.2, -0.15) is 0 Å². The maximum absolute atomic E-state index is 13.4. The average molecular weight is 457 g/mol. The molecule has 0 aliphatic rings. The first-order valence-corrected chi connectivity index (χ1v) is 11.7. The highest BCUT2D eigenvalue weighted by Gasteiger charge is 2.17. The molecule has 0 atom stereocenters. The molecule has 0 spiro atoms. The molecule has 0 aliphatic heterocycles. The number of thioether (sulfide) groups is 1. The van der Waals surface area contributed by atoms with E-state index in [1.807, 2.05) is 69.3 Å². The topological polar surface area (TPSA) is 44.1 Å². The molecule has 30 heavy (non-hydrogen) atoms. The molecular formula is C23H21ClN2O2S2. The number of ether oxygens (including phenoxy) is 1. The van der Waals surface area contributed by atoms with Crippen molar-refractivity contribution in [2.24, 2.45) is 0 Å². The van der Waals surface area contributed by atoms with Crippen molar-refractivity contribution >= 4 is 44.9 Å². The van der Waals surface area contributed by atoms with Crippen LogP contribution in [0, 0.1) is 20.8 Å². The van der Waals surface area contributed by atoms with Gasteiger partial charge in [-0.05, 0) is 62.2 Å². The fourth-order valence-corrected chi connectivity index (χ4v) is 5.19. The number of aromatic nitrogens is 2. The molecule has 0 saturated heterocycles. The summed E-state index contributed by atoms with van der Waals surface area (Å²) in [5, 5.41) is 2.11. The molecule has 154 valence electrons. The Morgan fingerprint density at radius 3 is 2.63 bits per heavy atom. The van der Waals surface area contributed by atoms with Gasteiger partial charge in [0.05, 0.1) is 17.7 Å². The number of hydrogen-bond donors (Lipinski definition) is 0. The summed E-state index contributed by atoms with van der Waals surface area (Å²) in [6.45, 7) is 6.47. The van der Waals surface area contributed by atoms with E-state index >= 15 is 0 Å². The van der Waals surface area contributed by atoms with Crippen LogP contribution in [-0.2, 0) is 0 Å². The Kier molecular flexibility index (Phi) is 6.18. The first-order valence-electron chi connectivity index (χ1n) is 9.55. The quantitative estimate of drug-likeness (QED) is 0.197. The summed E-state index contributed by atoms with van der Waals surface area (Å²) in [7, 11) is 0. The molecule has 0 N–H and O–H groups in total. The van der Waals surface area contributed by atoms with Crippen LogP contribution in [0.3, 0.4) is 0 Å². The van der Waals surface area contributed by atoms with E-state index in [1.54, 1.807) is 15.9 Å². The number of rotatable bonds is 6. The van der Waals surface area contributed by atoms with Crippen molar-refractivity contribution in [1.29, 1.82) is 0 Å². The van der Waals surface area contributed by atoms with Crippen LogP contribution in [0.25, 0.3) is 15.9 Å². The summed E-state index contributed by atoms with van der Waals surface area (Å²) < 4.78 is 7.57. The molecule has 0 aliphatic carbocycles. The maximum atomic E-state index is 13.4. The zero-order valence-electron chi connectivity index (χ0n) is 16.9. The van der Waals surface area contributed by atoms with Gasteiger partial charge < -0.3 is 4.74 Å². The van der Waals surface area contributed by atoms with E-state index in [-0.39, 0.29) is 5.56 Å². The van der Waals surface area contributed by atoms with Crippen LogP contribution < -0.4 is 10.3 Å². The van der Waals surface area contributed by atoms with Crippen LogP contribution in [0.1, 0.15) is 16.0 Å². The lowest BCUT2D eigenvalue weighted by Crippen LogP contribution is -2.22. The Bertz CT molecular complexity index is 1270. The monoisotopic (exact) mass is 456 g/mol. The van der Waals surface area contributed by atoms with Gasteiger partial charge >= 0.3 is 0 Å². The lowest BCUT2D eigenvalue weighted by molar-refractivity contribution is 0.343. The zero-order valence-corrected chi connectivity index (χ0v) is 19.3. The van der Waals surface area contributed by atoms with Crippen LogP contribution in [0.2, 0.25) is 5.02 Å². The van der Waals surface area contributed by atoms with E-state index in [2.05, 4.69) is 0 Å². The minimum atomic E-state index is -0.0233. The maximum Gasteiger partial charge on any atom is 0.267 e. The van der Waals surface area contributed by atoms with Gasteiger partial charge in [0.2, 0.25) is 0 Å². The average Bonchev–Trinajstić information content (AvgIpc) is 3.02. The minimum Gasteiger partial charge on any atom is -0.493 e. The predicted octanol–water partition coefficient (Wildman–Crippen LogP) is 6.20. The van der Waals surface area contributed by atoms with Crippen molar-refractivity contribution in [2.75, 3.05) is 12.4 Å². The van der Waals surface area contributed by atoms with Crippen LogP contribution in [0.5, 0.6) is 5.75 Å². The largest absolute Gasteiger partial charge is 0.493 e. The van der Waals surface area contributed by atoms with Crippen LogP contribution in [-0.4, -0.2) is 21.9 Å². The van der Waals surface area contributed by atoms with Crippen molar-refractivity contribution < 1.29 is 4.74 Å². The van der Waals surface area contributed by atoms with Crippen LogP contribution in [0.15, 0.2) is 58.5 Å². The lowest BCUT2D eigenvalue weighted by Gasteiger charge is -2.13. The molecule has 4 nitrogen and oxygen atoms in total. The fourth-order valence-electron chi connectivity index (χ4n) is 3.18. The number of nitrogens with zero attached hydrogens (tertiary/aromatic N) is 2. The summed E-state index contributed by atoms with van der Waals surface area (Å²) >= 11 is 9.16. The van der Waals surface area contributed by atoms with Gasteiger partial charge in [0, 0.05) is 15.7 Å². The van der Waals surface area contributed by atoms with Gasteiger partial charge in [-0.25, -0.2) is 4.98 Å². The van der Waals surface area contributed by atoms with Gasteiger partial charge in [0.15, 0.2) is 5.16 Å². The molecule has 0 radical (unpaired) electrons. The van der Waals surface area contributed by atoms with Crippen molar-refractivity contribution in [3.05, 3.63) is 79.9 Å². The smallest absolute Gasteiger partial charge is 0.267 e. The molecule has 0 unspecified atom stereocenters. The second-order valence-corrected chi connectivity index (χ2v) is 9.61. The van der Waals surface area contributed by atoms with Crippen molar-refractivity contribution in [1.82, 2.24) is 9.55 Å². The van der Waals surface area contributed by atoms with Gasteiger partial charge in [0.1, 0.15) is 10.6 Å². The highest BCUT2D eigenvalue weighted by molar-refractivity contribution is 7.99. The normalized spacial score (nSPS) is 11.2. The van der Waals surface area contributed by atoms with Crippen molar-refractivity contribution in [2.45, 2.75) is 25.9 Å². The summed E-state index contributed by atoms with van der Waals surface area (Å²) in [5.74, 6) is 1.45. The molecule has 2 heterocycles. The molecule has 2 aromatic carbocycles. The fraction of sp³-hybridized carbons (Fsp3) is 0.217. The molecule has 0 bridgehead atoms. The number of halogens is 1. The first-order chi connectivity index (χ1) is 14.5. The molecule has 0 saturated carbocycles. The third-order valence-corrected chi connectivity index (χ3v) is 7.33.